The van der Waals surface area contributed by atoms with Crippen LogP contribution in [0.5, 0.6) is 0 Å². The molecule has 0 aromatic rings. The lowest BCUT2D eigenvalue weighted by molar-refractivity contribution is -0.161. The van der Waals surface area contributed by atoms with Gasteiger partial charge in [0.15, 0.2) is 12.2 Å². The van der Waals surface area contributed by atoms with Crippen LogP contribution in [0.25, 0.3) is 0 Å². The van der Waals surface area contributed by atoms with Crippen molar-refractivity contribution in [2.75, 3.05) is 39.6 Å². The number of carbonyl (C=O) groups excluding carboxylic acids is 4. The van der Waals surface area contributed by atoms with E-state index in [-0.39, 0.29) is 25.7 Å². The minimum atomic E-state index is -4.96. The molecule has 96 heavy (non-hydrogen) atoms. The lowest BCUT2D eigenvalue weighted by Gasteiger charge is -2.21. The van der Waals surface area contributed by atoms with Crippen molar-refractivity contribution in [3.8, 4) is 0 Å². The number of hydrogen-bond acceptors (Lipinski definition) is 15. The molecule has 0 spiro atoms. The Morgan fingerprint density at radius 1 is 0.292 bits per heavy atom. The van der Waals surface area contributed by atoms with E-state index < -0.39 is 97.5 Å². The monoisotopic (exact) mass is 1410 g/mol. The fraction of sp³-hybridized carbons (Fsp3) is 0.948. The van der Waals surface area contributed by atoms with E-state index in [1.807, 2.05) is 0 Å². The summed E-state index contributed by atoms with van der Waals surface area (Å²) in [7, 11) is -9.92. The third-order valence-electron chi connectivity index (χ3n) is 18.2. The van der Waals surface area contributed by atoms with Gasteiger partial charge in [0.1, 0.15) is 19.3 Å². The van der Waals surface area contributed by atoms with Crippen molar-refractivity contribution in [1.29, 1.82) is 0 Å². The van der Waals surface area contributed by atoms with E-state index in [0.29, 0.717) is 25.7 Å². The summed E-state index contributed by atoms with van der Waals surface area (Å²) in [6, 6.07) is 0. The van der Waals surface area contributed by atoms with Crippen LogP contribution in [0.1, 0.15) is 389 Å². The number of aliphatic hydroxyl groups is 1. The molecule has 0 saturated heterocycles. The summed E-state index contributed by atoms with van der Waals surface area (Å²) in [5.41, 5.74) is 0. The molecular formula is C77H150O17P2. The Morgan fingerprint density at radius 2 is 0.500 bits per heavy atom. The standard InChI is InChI=1S/C77H150O17P2/c1-9-70(8)56-48-40-35-36-42-50-58-75(80)88-64-73(94-77(82)59-51-43-33-27-21-12-10-11-17-23-29-37-45-53-67(2)3)66-92-96(85,86)90-62-71(78)61-89-95(83,84)91-65-72(93-76(81)60-52-44-34-28-22-16-14-19-25-31-39-47-55-69(6)7)63-87-74(79)57-49-41-32-26-20-15-13-18-24-30-38-46-54-68(4)5/h67-73,78H,9-66H2,1-8H3,(H,83,84)(H,85,86)/t70?,71-,72-,73-/m1/s1. The number of ether oxygens (including phenoxy) is 4. The smallest absolute Gasteiger partial charge is 0.462 e. The van der Waals surface area contributed by atoms with Gasteiger partial charge in [-0.2, -0.15) is 0 Å². The van der Waals surface area contributed by atoms with Crippen molar-refractivity contribution in [2.24, 2.45) is 23.7 Å². The molecule has 3 N–H and O–H groups in total. The van der Waals surface area contributed by atoms with Crippen molar-refractivity contribution in [3.05, 3.63) is 0 Å². The molecule has 0 saturated carbocycles. The van der Waals surface area contributed by atoms with E-state index in [9.17, 15) is 43.2 Å². The second-order valence-electron chi connectivity index (χ2n) is 29.4. The summed E-state index contributed by atoms with van der Waals surface area (Å²) in [6.45, 7) is 14.2. The van der Waals surface area contributed by atoms with Crippen LogP contribution in [0.15, 0.2) is 0 Å². The zero-order valence-corrected chi connectivity index (χ0v) is 64.8. The average Bonchev–Trinajstić information content (AvgIpc) is 1.28. The first kappa shape index (κ1) is 94.1. The lowest BCUT2D eigenvalue weighted by Crippen LogP contribution is -2.30. The Morgan fingerprint density at radius 3 is 0.740 bits per heavy atom. The highest BCUT2D eigenvalue weighted by atomic mass is 31.2. The van der Waals surface area contributed by atoms with Gasteiger partial charge in [-0.05, 0) is 49.4 Å². The van der Waals surface area contributed by atoms with Crippen molar-refractivity contribution in [1.82, 2.24) is 0 Å². The highest BCUT2D eigenvalue weighted by Crippen LogP contribution is 2.45. The number of aliphatic hydroxyl groups excluding tert-OH is 1. The van der Waals surface area contributed by atoms with Gasteiger partial charge in [0.05, 0.1) is 26.4 Å². The molecule has 0 aromatic carbocycles. The maximum absolute atomic E-state index is 13.1. The Balaban J connectivity index is 5.26. The lowest BCUT2D eigenvalue weighted by atomic mass is 10.00. The van der Waals surface area contributed by atoms with Crippen molar-refractivity contribution >= 4 is 39.5 Å². The van der Waals surface area contributed by atoms with Crippen molar-refractivity contribution in [3.63, 3.8) is 0 Å². The fourth-order valence-electron chi connectivity index (χ4n) is 11.7. The average molecular weight is 1410 g/mol. The summed E-state index contributed by atoms with van der Waals surface area (Å²) in [6.07, 6.45) is 51.3. The minimum Gasteiger partial charge on any atom is -0.462 e. The predicted molar refractivity (Wildman–Crippen MR) is 391 cm³/mol. The molecule has 19 heteroatoms. The van der Waals surface area contributed by atoms with Gasteiger partial charge in [-0.3, -0.25) is 37.3 Å². The van der Waals surface area contributed by atoms with E-state index in [1.165, 1.54) is 186 Å². The molecule has 0 heterocycles. The Hall–Kier alpha value is -1.94. The molecule has 0 aromatic heterocycles. The van der Waals surface area contributed by atoms with Gasteiger partial charge in [0.25, 0.3) is 0 Å². The molecule has 0 bridgehead atoms. The molecule has 0 aliphatic rings. The number of phosphoric ester groups is 2. The van der Waals surface area contributed by atoms with E-state index in [0.717, 1.165) is 120 Å². The predicted octanol–water partition coefficient (Wildman–Crippen LogP) is 22.4. The first-order valence-corrected chi connectivity index (χ1v) is 42.7. The van der Waals surface area contributed by atoms with E-state index in [4.69, 9.17) is 37.0 Å². The summed E-state index contributed by atoms with van der Waals surface area (Å²) in [4.78, 5) is 72.9. The Labute approximate surface area is 588 Å². The molecule has 3 unspecified atom stereocenters. The highest BCUT2D eigenvalue weighted by Gasteiger charge is 2.30. The minimum absolute atomic E-state index is 0.106. The van der Waals surface area contributed by atoms with Gasteiger partial charge in [0, 0.05) is 25.7 Å². The van der Waals surface area contributed by atoms with E-state index >= 15 is 0 Å². The van der Waals surface area contributed by atoms with Gasteiger partial charge in [-0.25, -0.2) is 9.13 Å². The van der Waals surface area contributed by atoms with E-state index in [1.54, 1.807) is 0 Å². The van der Waals surface area contributed by atoms with Gasteiger partial charge in [-0.1, -0.05) is 338 Å². The maximum Gasteiger partial charge on any atom is 0.472 e. The number of rotatable bonds is 74. The fourth-order valence-corrected chi connectivity index (χ4v) is 13.3. The molecule has 17 nitrogen and oxygen atoms in total. The van der Waals surface area contributed by atoms with Crippen molar-refractivity contribution in [2.45, 2.75) is 408 Å². The van der Waals surface area contributed by atoms with Crippen LogP contribution in [0.4, 0.5) is 0 Å². The zero-order valence-electron chi connectivity index (χ0n) is 63.0. The topological polar surface area (TPSA) is 237 Å². The van der Waals surface area contributed by atoms with E-state index in [2.05, 4.69) is 55.4 Å². The molecule has 0 aliphatic carbocycles. The highest BCUT2D eigenvalue weighted by molar-refractivity contribution is 7.47. The van der Waals surface area contributed by atoms with Crippen LogP contribution in [-0.2, 0) is 65.4 Å². The summed E-state index contributed by atoms with van der Waals surface area (Å²) >= 11 is 0. The van der Waals surface area contributed by atoms with Gasteiger partial charge >= 0.3 is 39.5 Å². The van der Waals surface area contributed by atoms with Crippen LogP contribution in [-0.4, -0.2) is 96.7 Å². The summed E-state index contributed by atoms with van der Waals surface area (Å²) < 4.78 is 68.6. The zero-order chi connectivity index (χ0) is 71.0. The molecule has 6 atom stereocenters. The molecule has 0 radical (unpaired) electrons. The van der Waals surface area contributed by atoms with Gasteiger partial charge in [0.2, 0.25) is 0 Å². The molecule has 570 valence electrons. The molecular weight excluding hydrogens is 1260 g/mol. The molecule has 0 rings (SSSR count). The first-order chi connectivity index (χ1) is 46.1. The molecule has 0 amide bonds. The summed E-state index contributed by atoms with van der Waals surface area (Å²) in [5, 5.41) is 10.6. The SMILES string of the molecule is CCC(C)CCCCCCCCC(=O)OC[C@H](COP(=O)(O)OC[C@H](O)COP(=O)(O)OC[C@@H](COC(=O)CCCCCCCCCCCCCCC(C)C)OC(=O)CCCCCCCCCCCCCCC(C)C)OC(=O)CCCCCCCCCCCCCCCC(C)C. The second-order valence-corrected chi connectivity index (χ2v) is 32.3. The van der Waals surface area contributed by atoms with Crippen molar-refractivity contribution < 1.29 is 80.2 Å². The van der Waals surface area contributed by atoms with Crippen LogP contribution in [0.3, 0.4) is 0 Å². The number of unbranched alkanes of at least 4 members (excludes halogenated alkanes) is 39. The largest absolute Gasteiger partial charge is 0.472 e. The normalized spacial score (nSPS) is 14.4. The Bertz CT molecular complexity index is 1890. The third-order valence-corrected chi connectivity index (χ3v) is 20.1. The van der Waals surface area contributed by atoms with Gasteiger partial charge < -0.3 is 33.8 Å². The molecule has 0 aliphatic heterocycles. The quantitative estimate of drug-likeness (QED) is 0.0222. The van der Waals surface area contributed by atoms with Crippen LogP contribution in [0.2, 0.25) is 0 Å². The number of esters is 4. The maximum atomic E-state index is 13.1. The number of hydrogen-bond donors (Lipinski definition) is 3. The Kier molecular flexibility index (Phi) is 65.0. The number of phosphoric acid groups is 2. The third kappa shape index (κ3) is 69.2. The van der Waals surface area contributed by atoms with Crippen LogP contribution >= 0.6 is 15.6 Å². The first-order valence-electron chi connectivity index (χ1n) is 39.7. The van der Waals surface area contributed by atoms with Crippen LogP contribution in [0, 0.1) is 23.7 Å². The van der Waals surface area contributed by atoms with Crippen LogP contribution < -0.4 is 0 Å². The molecule has 0 fully saturated rings. The second kappa shape index (κ2) is 66.3. The summed E-state index contributed by atoms with van der Waals surface area (Å²) in [5.74, 6) is 0.957. The van der Waals surface area contributed by atoms with Gasteiger partial charge in [-0.15, -0.1) is 0 Å². The number of carbonyl (C=O) groups is 4.